The second-order valence-electron chi connectivity index (χ2n) is 7.45. The molecule has 0 bridgehead atoms. The molecule has 33 heavy (non-hydrogen) atoms. The molecule has 3 aromatic rings. The normalized spacial score (nSPS) is 17.5. The summed E-state index contributed by atoms with van der Waals surface area (Å²) in [6, 6.07) is 10.3. The number of benzene rings is 2. The van der Waals surface area contributed by atoms with E-state index in [4.69, 9.17) is 23.2 Å². The van der Waals surface area contributed by atoms with E-state index in [9.17, 15) is 18.0 Å². The molecule has 1 unspecified atom stereocenters. The molecule has 0 saturated carbocycles. The van der Waals surface area contributed by atoms with Crippen molar-refractivity contribution in [2.45, 2.75) is 46.0 Å². The number of nitrogens with zero attached hydrogens (tertiary/aromatic N) is 3. The smallest absolute Gasteiger partial charge is 0.406 e. The zero-order valence-corrected chi connectivity index (χ0v) is 19.9. The van der Waals surface area contributed by atoms with Gasteiger partial charge in [-0.3, -0.25) is 9.36 Å². The number of halogens is 5. The summed E-state index contributed by atoms with van der Waals surface area (Å²) in [5.41, 5.74) is 0.845. The lowest BCUT2D eigenvalue weighted by Gasteiger charge is -2.26. The number of anilines is 2. The lowest BCUT2D eigenvalue weighted by Crippen LogP contribution is -2.41. The van der Waals surface area contributed by atoms with Crippen LogP contribution in [0.25, 0.3) is 0 Å². The molecule has 0 N–H and O–H groups in total. The predicted octanol–water partition coefficient (Wildman–Crippen LogP) is 7.06. The van der Waals surface area contributed by atoms with Gasteiger partial charge in [0.2, 0.25) is 5.95 Å². The van der Waals surface area contributed by atoms with Gasteiger partial charge in [0.1, 0.15) is 11.3 Å². The highest BCUT2D eigenvalue weighted by Crippen LogP contribution is 2.43. The van der Waals surface area contributed by atoms with Crippen molar-refractivity contribution in [1.29, 1.82) is 0 Å². The highest BCUT2D eigenvalue weighted by Gasteiger charge is 2.49. The molecule has 0 saturated heterocycles. The number of rotatable bonds is 4. The van der Waals surface area contributed by atoms with Gasteiger partial charge in [0.15, 0.2) is 0 Å². The van der Waals surface area contributed by atoms with Crippen LogP contribution in [-0.2, 0) is 16.8 Å². The van der Waals surface area contributed by atoms with Crippen LogP contribution in [0.4, 0.5) is 24.8 Å². The second kappa shape index (κ2) is 9.27. The summed E-state index contributed by atoms with van der Waals surface area (Å²) < 4.78 is 43.0. The number of aromatic nitrogens is 2. The predicted molar refractivity (Wildman–Crippen MR) is 122 cm³/mol. The lowest BCUT2D eigenvalue weighted by molar-refractivity contribution is -0.274. The molecule has 1 aliphatic rings. The molecule has 2 heterocycles. The first-order valence-corrected chi connectivity index (χ1v) is 10.9. The van der Waals surface area contributed by atoms with Crippen molar-refractivity contribution >= 4 is 40.7 Å². The van der Waals surface area contributed by atoms with E-state index in [0.717, 1.165) is 5.69 Å². The Kier molecular flexibility index (Phi) is 7.00. The Bertz CT molecular complexity index is 1140. The first-order valence-electron chi connectivity index (χ1n) is 10.2. The van der Waals surface area contributed by atoms with Gasteiger partial charge in [-0.15, -0.1) is 13.2 Å². The zero-order chi connectivity index (χ0) is 24.6. The first-order chi connectivity index (χ1) is 15.5. The fraction of sp³-hybridized carbons (Fsp3) is 0.304. The minimum atomic E-state index is -4.77. The number of hydrogen-bond donors (Lipinski definition) is 0. The number of imidazole rings is 1. The number of aryl methyl sites for hydroxylation is 1. The molecule has 4 rings (SSSR count). The standard InChI is InChI=1S/C21H16Cl2F3N3O2.C2H6/c1-12-11-27-19-28(16-8-14(22)7-15(23)9-16)18(30)20(2,29(12)19)10-13-3-5-17(6-4-13)31-21(24,25)26;1-2/h3-9,11H,10H2,1-2H3;1-2H3. The van der Waals surface area contributed by atoms with Crippen molar-refractivity contribution in [1.82, 2.24) is 9.55 Å². The van der Waals surface area contributed by atoms with Crippen molar-refractivity contribution in [3.63, 3.8) is 0 Å². The van der Waals surface area contributed by atoms with Gasteiger partial charge >= 0.3 is 6.36 Å². The number of hydrogen-bond acceptors (Lipinski definition) is 3. The molecule has 1 amide bonds. The van der Waals surface area contributed by atoms with Crippen molar-refractivity contribution in [3.05, 3.63) is 70.0 Å². The number of amides is 1. The summed E-state index contributed by atoms with van der Waals surface area (Å²) in [5, 5.41) is 0.748. The quantitative estimate of drug-likeness (QED) is 0.386. The SMILES string of the molecule is CC.Cc1cnc2n1C(C)(Cc1ccc(OC(F)(F)F)cc1)C(=O)N2c1cc(Cl)cc(Cl)c1. The van der Waals surface area contributed by atoms with Gasteiger partial charge in [-0.25, -0.2) is 9.88 Å². The van der Waals surface area contributed by atoms with Crippen LogP contribution in [0.2, 0.25) is 10.0 Å². The van der Waals surface area contributed by atoms with Crippen LogP contribution < -0.4 is 9.64 Å². The summed E-state index contributed by atoms with van der Waals surface area (Å²) in [6.45, 7) is 7.59. The number of fused-ring (bicyclic) bond motifs is 1. The Morgan fingerprint density at radius 3 is 2.18 bits per heavy atom. The molecule has 0 aliphatic carbocycles. The van der Waals surface area contributed by atoms with Gasteiger partial charge in [-0.2, -0.15) is 0 Å². The summed E-state index contributed by atoms with van der Waals surface area (Å²) in [6.07, 6.45) is -2.89. The number of alkyl halides is 3. The minimum Gasteiger partial charge on any atom is -0.406 e. The average Bonchev–Trinajstić information content (AvgIpc) is 3.20. The number of carbonyl (C=O) groups is 1. The van der Waals surface area contributed by atoms with E-state index >= 15 is 0 Å². The van der Waals surface area contributed by atoms with E-state index in [2.05, 4.69) is 9.72 Å². The fourth-order valence-corrected chi connectivity index (χ4v) is 4.40. The summed E-state index contributed by atoms with van der Waals surface area (Å²) >= 11 is 12.3. The Balaban J connectivity index is 0.00000149. The third-order valence-corrected chi connectivity index (χ3v) is 5.52. The highest BCUT2D eigenvalue weighted by atomic mass is 35.5. The molecule has 10 heteroatoms. The molecule has 2 aromatic carbocycles. The van der Waals surface area contributed by atoms with Crippen LogP contribution in [0.1, 0.15) is 32.0 Å². The highest BCUT2D eigenvalue weighted by molar-refractivity contribution is 6.35. The first kappa shape index (κ1) is 24.9. The summed E-state index contributed by atoms with van der Waals surface area (Å²) in [5.74, 6) is -0.165. The maximum atomic E-state index is 13.6. The Labute approximate surface area is 199 Å². The largest absolute Gasteiger partial charge is 0.573 e. The van der Waals surface area contributed by atoms with Crippen LogP contribution in [0.3, 0.4) is 0 Å². The van der Waals surface area contributed by atoms with Gasteiger partial charge in [-0.1, -0.05) is 49.2 Å². The molecule has 5 nitrogen and oxygen atoms in total. The molecule has 176 valence electrons. The Morgan fingerprint density at radius 1 is 1.06 bits per heavy atom. The van der Waals surface area contributed by atoms with E-state index in [1.165, 1.54) is 29.2 Å². The van der Waals surface area contributed by atoms with Gasteiger partial charge in [0.25, 0.3) is 5.91 Å². The Morgan fingerprint density at radius 2 is 1.64 bits per heavy atom. The van der Waals surface area contributed by atoms with Crippen LogP contribution in [0.15, 0.2) is 48.7 Å². The Hall–Kier alpha value is -2.71. The monoisotopic (exact) mass is 499 g/mol. The second-order valence-corrected chi connectivity index (χ2v) is 8.32. The maximum absolute atomic E-state index is 13.6. The van der Waals surface area contributed by atoms with Crippen LogP contribution >= 0.6 is 23.2 Å². The van der Waals surface area contributed by atoms with E-state index in [-0.39, 0.29) is 18.1 Å². The molecule has 1 aliphatic heterocycles. The number of ether oxygens (including phenoxy) is 1. The van der Waals surface area contributed by atoms with Crippen LogP contribution in [0.5, 0.6) is 5.75 Å². The van der Waals surface area contributed by atoms with Crippen LogP contribution in [0, 0.1) is 6.92 Å². The third kappa shape index (κ3) is 4.96. The molecule has 0 spiro atoms. The lowest BCUT2D eigenvalue weighted by atomic mass is 9.91. The molecular formula is C23H22Cl2F3N3O2. The molecule has 0 radical (unpaired) electrons. The third-order valence-electron chi connectivity index (χ3n) is 5.09. The van der Waals surface area contributed by atoms with E-state index in [1.807, 2.05) is 25.3 Å². The topological polar surface area (TPSA) is 47.4 Å². The van der Waals surface area contributed by atoms with Gasteiger partial charge in [0.05, 0.1) is 11.9 Å². The molecule has 0 fully saturated rings. The zero-order valence-electron chi connectivity index (χ0n) is 18.4. The fourth-order valence-electron chi connectivity index (χ4n) is 3.88. The average molecular weight is 500 g/mol. The molecule has 1 aromatic heterocycles. The molecule has 1 atom stereocenters. The summed E-state index contributed by atoms with van der Waals surface area (Å²) in [7, 11) is 0. The van der Waals surface area contributed by atoms with E-state index in [1.54, 1.807) is 31.3 Å². The van der Waals surface area contributed by atoms with Crippen molar-refractivity contribution in [3.8, 4) is 5.75 Å². The summed E-state index contributed by atoms with van der Waals surface area (Å²) in [4.78, 5) is 19.4. The van der Waals surface area contributed by atoms with Gasteiger partial charge in [-0.05, 0) is 49.7 Å². The maximum Gasteiger partial charge on any atom is 0.573 e. The van der Waals surface area contributed by atoms with Gasteiger partial charge < -0.3 is 4.74 Å². The minimum absolute atomic E-state index is 0.229. The van der Waals surface area contributed by atoms with E-state index < -0.39 is 11.9 Å². The van der Waals surface area contributed by atoms with Crippen molar-refractivity contribution in [2.24, 2.45) is 0 Å². The molecular weight excluding hydrogens is 478 g/mol. The van der Waals surface area contributed by atoms with Crippen molar-refractivity contribution < 1.29 is 22.7 Å². The van der Waals surface area contributed by atoms with Crippen LogP contribution in [-0.4, -0.2) is 21.8 Å². The van der Waals surface area contributed by atoms with Crippen molar-refractivity contribution in [2.75, 3.05) is 4.90 Å². The number of carbonyl (C=O) groups excluding carboxylic acids is 1. The van der Waals surface area contributed by atoms with E-state index in [0.29, 0.717) is 27.2 Å². The van der Waals surface area contributed by atoms with Gasteiger partial charge in [0, 0.05) is 22.2 Å².